The van der Waals surface area contributed by atoms with Crippen molar-refractivity contribution in [3.8, 4) is 11.5 Å². The molecule has 4 aliphatic rings. The first kappa shape index (κ1) is 20.3. The number of fused-ring (bicyclic) bond motifs is 4. The molecule has 9 heteroatoms. The van der Waals surface area contributed by atoms with Crippen molar-refractivity contribution in [2.45, 2.75) is 38.5 Å². The Balaban J connectivity index is 1.15. The number of aromatic nitrogens is 3. The standard InChI is InChI=1S/C22H30N6O3/c1-26(2)10-17-11-28(25-24-17)12-18-8-16-5-6-27(18)13-19(16)22(29)23-9-15-3-4-20-21(7-15)31-14-30-20/h3-4,7,11,16,18-19H,5-6,8-10,12-14H2,1-2H3,(H,23,29)/t16?,18-,19+/m1/s1. The lowest BCUT2D eigenvalue weighted by molar-refractivity contribution is -0.133. The Morgan fingerprint density at radius 1 is 1.29 bits per heavy atom. The molecule has 1 amide bonds. The highest BCUT2D eigenvalue weighted by atomic mass is 16.7. The fraction of sp³-hybridized carbons (Fsp3) is 0.591. The van der Waals surface area contributed by atoms with Gasteiger partial charge >= 0.3 is 0 Å². The first-order chi connectivity index (χ1) is 15.0. The molecule has 5 heterocycles. The van der Waals surface area contributed by atoms with Crippen molar-refractivity contribution in [2.24, 2.45) is 11.8 Å². The van der Waals surface area contributed by atoms with Gasteiger partial charge in [-0.05, 0) is 57.1 Å². The van der Waals surface area contributed by atoms with E-state index < -0.39 is 0 Å². The molecule has 0 radical (unpaired) electrons. The maximum Gasteiger partial charge on any atom is 0.231 e. The Labute approximate surface area is 182 Å². The van der Waals surface area contributed by atoms with Crippen molar-refractivity contribution in [3.05, 3.63) is 35.7 Å². The van der Waals surface area contributed by atoms with Crippen LogP contribution in [0.3, 0.4) is 0 Å². The van der Waals surface area contributed by atoms with Gasteiger partial charge < -0.3 is 19.7 Å². The summed E-state index contributed by atoms with van der Waals surface area (Å²) in [6, 6.07) is 6.24. The van der Waals surface area contributed by atoms with Gasteiger partial charge in [0.2, 0.25) is 12.7 Å². The topological polar surface area (TPSA) is 84.8 Å². The van der Waals surface area contributed by atoms with E-state index in [9.17, 15) is 4.79 Å². The second kappa shape index (κ2) is 8.47. The van der Waals surface area contributed by atoms with Gasteiger partial charge in [0.1, 0.15) is 0 Å². The molecule has 166 valence electrons. The molecule has 0 spiro atoms. The highest BCUT2D eigenvalue weighted by Crippen LogP contribution is 2.37. The zero-order chi connectivity index (χ0) is 21.4. The van der Waals surface area contributed by atoms with E-state index >= 15 is 0 Å². The molecular weight excluding hydrogens is 396 g/mol. The van der Waals surface area contributed by atoms with Gasteiger partial charge in [0, 0.05) is 31.9 Å². The molecule has 4 aliphatic heterocycles. The summed E-state index contributed by atoms with van der Waals surface area (Å²) in [5, 5.41) is 11.7. The zero-order valence-corrected chi connectivity index (χ0v) is 18.2. The van der Waals surface area contributed by atoms with Gasteiger partial charge in [-0.1, -0.05) is 11.3 Å². The number of amides is 1. The van der Waals surface area contributed by atoms with Gasteiger partial charge in [-0.25, -0.2) is 0 Å². The van der Waals surface area contributed by atoms with Gasteiger partial charge in [0.25, 0.3) is 0 Å². The molecule has 1 aromatic carbocycles. The van der Waals surface area contributed by atoms with E-state index in [1.54, 1.807) is 0 Å². The predicted octanol–water partition coefficient (Wildman–Crippen LogP) is 1.10. The molecule has 2 aromatic rings. The van der Waals surface area contributed by atoms with E-state index in [4.69, 9.17) is 9.47 Å². The quantitative estimate of drug-likeness (QED) is 0.710. The first-order valence-corrected chi connectivity index (χ1v) is 11.0. The van der Waals surface area contributed by atoms with Crippen LogP contribution in [0.1, 0.15) is 24.1 Å². The summed E-state index contributed by atoms with van der Waals surface area (Å²) in [6.07, 6.45) is 4.16. The van der Waals surface area contributed by atoms with Crippen molar-refractivity contribution >= 4 is 5.91 Å². The molecule has 3 saturated heterocycles. The summed E-state index contributed by atoms with van der Waals surface area (Å²) < 4.78 is 12.7. The molecule has 1 aromatic heterocycles. The second-order valence-electron chi connectivity index (χ2n) is 9.11. The van der Waals surface area contributed by atoms with Gasteiger partial charge in [-0.15, -0.1) is 5.10 Å². The smallest absolute Gasteiger partial charge is 0.231 e. The van der Waals surface area contributed by atoms with Gasteiger partial charge in [0.05, 0.1) is 18.2 Å². The lowest BCUT2D eigenvalue weighted by Gasteiger charge is -2.49. The highest BCUT2D eigenvalue weighted by Gasteiger charge is 2.43. The predicted molar refractivity (Wildman–Crippen MR) is 113 cm³/mol. The highest BCUT2D eigenvalue weighted by molar-refractivity contribution is 5.79. The molecule has 0 aliphatic carbocycles. The van der Waals surface area contributed by atoms with E-state index in [0.29, 0.717) is 18.5 Å². The van der Waals surface area contributed by atoms with E-state index in [-0.39, 0.29) is 18.6 Å². The number of carbonyl (C=O) groups excluding carboxylic acids is 1. The van der Waals surface area contributed by atoms with Gasteiger partial charge in [-0.2, -0.15) is 0 Å². The number of hydrogen-bond donors (Lipinski definition) is 1. The fourth-order valence-electron chi connectivity index (χ4n) is 5.04. The average Bonchev–Trinajstić information content (AvgIpc) is 3.40. The Bertz CT molecular complexity index is 945. The van der Waals surface area contributed by atoms with Crippen LogP contribution >= 0.6 is 0 Å². The lowest BCUT2D eigenvalue weighted by Crippen LogP contribution is -2.58. The third-order valence-electron chi connectivity index (χ3n) is 6.58. The van der Waals surface area contributed by atoms with Crippen LogP contribution in [0.25, 0.3) is 0 Å². The average molecular weight is 427 g/mol. The van der Waals surface area contributed by atoms with Crippen molar-refractivity contribution in [1.29, 1.82) is 0 Å². The monoisotopic (exact) mass is 426 g/mol. The normalized spacial score (nSPS) is 26.4. The minimum atomic E-state index is 0.0547. The SMILES string of the molecule is CN(C)Cc1cn(C[C@H]2CC3CCN2C[C@@H]3C(=O)NCc2ccc3c(c2)OCO3)nn1. The van der Waals surface area contributed by atoms with Crippen LogP contribution in [-0.4, -0.2) is 70.7 Å². The third kappa shape index (κ3) is 4.38. The van der Waals surface area contributed by atoms with Gasteiger partial charge in [-0.3, -0.25) is 14.4 Å². The largest absolute Gasteiger partial charge is 0.454 e. The first-order valence-electron chi connectivity index (χ1n) is 11.0. The van der Waals surface area contributed by atoms with Gasteiger partial charge in [0.15, 0.2) is 11.5 Å². The Morgan fingerprint density at radius 3 is 2.97 bits per heavy atom. The molecule has 1 N–H and O–H groups in total. The Kier molecular flexibility index (Phi) is 5.54. The van der Waals surface area contributed by atoms with Crippen molar-refractivity contribution in [1.82, 2.24) is 30.1 Å². The van der Waals surface area contributed by atoms with Crippen LogP contribution in [-0.2, 0) is 24.4 Å². The summed E-state index contributed by atoms with van der Waals surface area (Å²) in [5.74, 6) is 2.15. The zero-order valence-electron chi connectivity index (χ0n) is 18.2. The number of rotatable bonds is 7. The lowest BCUT2D eigenvalue weighted by atomic mass is 9.75. The molecule has 3 fully saturated rings. The third-order valence-corrected chi connectivity index (χ3v) is 6.58. The molecule has 0 saturated carbocycles. The van der Waals surface area contributed by atoms with Crippen LogP contribution in [0.15, 0.2) is 24.4 Å². The minimum absolute atomic E-state index is 0.0547. The molecule has 6 rings (SSSR count). The van der Waals surface area contributed by atoms with Crippen LogP contribution in [0.5, 0.6) is 11.5 Å². The summed E-state index contributed by atoms with van der Waals surface area (Å²) >= 11 is 0. The number of benzene rings is 1. The van der Waals surface area contributed by atoms with Crippen LogP contribution < -0.4 is 14.8 Å². The molecule has 2 bridgehead atoms. The minimum Gasteiger partial charge on any atom is -0.454 e. The number of ether oxygens (including phenoxy) is 2. The number of nitrogens with one attached hydrogen (secondary N) is 1. The van der Waals surface area contributed by atoms with E-state index in [1.165, 1.54) is 0 Å². The molecule has 9 nitrogen and oxygen atoms in total. The number of piperidine rings is 3. The fourth-order valence-corrected chi connectivity index (χ4v) is 5.04. The van der Waals surface area contributed by atoms with E-state index in [1.807, 2.05) is 43.2 Å². The van der Waals surface area contributed by atoms with Crippen molar-refractivity contribution in [2.75, 3.05) is 34.0 Å². The summed E-state index contributed by atoms with van der Waals surface area (Å²) in [7, 11) is 4.06. The van der Waals surface area contributed by atoms with Crippen molar-refractivity contribution in [3.63, 3.8) is 0 Å². The van der Waals surface area contributed by atoms with E-state index in [0.717, 1.165) is 61.8 Å². The Hall–Kier alpha value is -2.65. The Morgan fingerprint density at radius 2 is 2.16 bits per heavy atom. The summed E-state index contributed by atoms with van der Waals surface area (Å²) in [4.78, 5) is 17.5. The summed E-state index contributed by atoms with van der Waals surface area (Å²) in [6.45, 7) is 4.28. The summed E-state index contributed by atoms with van der Waals surface area (Å²) in [5.41, 5.74) is 2.01. The van der Waals surface area contributed by atoms with Crippen LogP contribution in [0, 0.1) is 11.8 Å². The molecular formula is C22H30N6O3. The van der Waals surface area contributed by atoms with Crippen LogP contribution in [0.4, 0.5) is 0 Å². The van der Waals surface area contributed by atoms with Crippen molar-refractivity contribution < 1.29 is 14.3 Å². The molecule has 31 heavy (non-hydrogen) atoms. The van der Waals surface area contributed by atoms with E-state index in [2.05, 4.69) is 25.4 Å². The number of nitrogens with zero attached hydrogens (tertiary/aromatic N) is 5. The van der Waals surface area contributed by atoms with Crippen LogP contribution in [0.2, 0.25) is 0 Å². The maximum absolute atomic E-state index is 12.9. The molecule has 4 atom stereocenters. The number of carbonyl (C=O) groups is 1. The second-order valence-corrected chi connectivity index (χ2v) is 9.11. The number of hydrogen-bond acceptors (Lipinski definition) is 7. The molecule has 2 unspecified atom stereocenters. The maximum atomic E-state index is 12.9.